The average Bonchev–Trinajstić information content (AvgIpc) is 3.30. The molecule has 14 heteroatoms. The van der Waals surface area contributed by atoms with Crippen LogP contribution in [0.5, 0.6) is 6.01 Å². The van der Waals surface area contributed by atoms with Crippen molar-refractivity contribution in [3.63, 3.8) is 0 Å². The highest BCUT2D eigenvalue weighted by atomic mass is 35.5. The number of carbonyl (C=O) groups is 1. The van der Waals surface area contributed by atoms with Crippen LogP contribution in [0.1, 0.15) is 32.3 Å². The van der Waals surface area contributed by atoms with Crippen LogP contribution in [0.2, 0.25) is 5.02 Å². The standard InChI is InChI=1S/C28H28ClF3N6O4/c1-27(2)41-15-19(42-27)14-40-25-33-9-8-22(34-25)35-26(39)38-18-7-4-10-37(13-18)21-12-20(29)23(36-24(21)38)16-5-3-6-17(11-16)28(30,31)32/h3,5-6,8-9,11-12,18-19H,4,7,10,13-15H2,1-2H3,(H,33,34,35,39)/t18?,19-/m0/s1. The molecule has 2 amide bonds. The number of nitrogens with one attached hydrogen (secondary N) is 1. The number of ether oxygens (including phenoxy) is 3. The number of carbonyl (C=O) groups excluding carboxylic acids is 1. The Morgan fingerprint density at radius 3 is 2.83 bits per heavy atom. The van der Waals surface area contributed by atoms with Crippen LogP contribution in [-0.4, -0.2) is 65.2 Å². The molecule has 2 aromatic heterocycles. The summed E-state index contributed by atoms with van der Waals surface area (Å²) in [6, 6.07) is 7.35. The summed E-state index contributed by atoms with van der Waals surface area (Å²) in [7, 11) is 0. The first kappa shape index (κ1) is 28.4. The van der Waals surface area contributed by atoms with Gasteiger partial charge in [0.2, 0.25) is 0 Å². The molecule has 2 bridgehead atoms. The quantitative estimate of drug-likeness (QED) is 0.392. The maximum Gasteiger partial charge on any atom is 0.416 e. The van der Waals surface area contributed by atoms with Crippen molar-refractivity contribution in [2.24, 2.45) is 0 Å². The number of amides is 2. The molecule has 222 valence electrons. The van der Waals surface area contributed by atoms with Gasteiger partial charge in [-0.15, -0.1) is 0 Å². The fourth-order valence-electron chi connectivity index (χ4n) is 5.41. The second-order valence-corrected chi connectivity index (χ2v) is 11.2. The summed E-state index contributed by atoms with van der Waals surface area (Å²) in [5, 5.41) is 2.99. The third-order valence-electron chi connectivity index (χ3n) is 7.28. The number of piperidine rings is 1. The molecule has 1 unspecified atom stereocenters. The molecule has 2 saturated heterocycles. The third kappa shape index (κ3) is 5.81. The normalized spacial score (nSPS) is 21.2. The Kier molecular flexibility index (Phi) is 7.36. The van der Waals surface area contributed by atoms with E-state index < -0.39 is 23.6 Å². The van der Waals surface area contributed by atoms with Crippen molar-refractivity contribution in [3.05, 3.63) is 53.2 Å². The summed E-state index contributed by atoms with van der Waals surface area (Å²) in [4.78, 5) is 30.5. The average molecular weight is 605 g/mol. The maximum absolute atomic E-state index is 13.7. The Bertz CT molecular complexity index is 1510. The Hall–Kier alpha value is -3.68. The van der Waals surface area contributed by atoms with Gasteiger partial charge in [-0.3, -0.25) is 10.2 Å². The highest BCUT2D eigenvalue weighted by Gasteiger charge is 2.39. The van der Waals surface area contributed by atoms with Crippen LogP contribution in [-0.2, 0) is 15.7 Å². The summed E-state index contributed by atoms with van der Waals surface area (Å²) in [5.41, 5.74) is 0.166. The minimum Gasteiger partial charge on any atom is -0.461 e. The van der Waals surface area contributed by atoms with E-state index in [1.165, 1.54) is 29.3 Å². The molecule has 42 heavy (non-hydrogen) atoms. The third-order valence-corrected chi connectivity index (χ3v) is 7.57. The molecule has 2 fully saturated rings. The molecule has 10 nitrogen and oxygen atoms in total. The molecule has 1 aromatic carbocycles. The van der Waals surface area contributed by atoms with Crippen molar-refractivity contribution in [2.75, 3.05) is 41.4 Å². The van der Waals surface area contributed by atoms with Gasteiger partial charge >= 0.3 is 18.2 Å². The van der Waals surface area contributed by atoms with Gasteiger partial charge in [0.25, 0.3) is 0 Å². The predicted molar refractivity (Wildman–Crippen MR) is 149 cm³/mol. The van der Waals surface area contributed by atoms with Gasteiger partial charge in [0.15, 0.2) is 11.6 Å². The molecule has 0 radical (unpaired) electrons. The molecule has 2 atom stereocenters. The van der Waals surface area contributed by atoms with Gasteiger partial charge in [0.1, 0.15) is 18.5 Å². The molecule has 3 aromatic rings. The summed E-state index contributed by atoms with van der Waals surface area (Å²) >= 11 is 6.57. The highest BCUT2D eigenvalue weighted by Crippen LogP contribution is 2.43. The molecule has 6 rings (SSSR count). The van der Waals surface area contributed by atoms with Gasteiger partial charge in [-0.25, -0.2) is 14.8 Å². The first-order chi connectivity index (χ1) is 20.0. The van der Waals surface area contributed by atoms with Gasteiger partial charge in [-0.05, 0) is 51.0 Å². The lowest BCUT2D eigenvalue weighted by Crippen LogP contribution is -2.56. The second-order valence-electron chi connectivity index (χ2n) is 10.8. The minimum atomic E-state index is -4.53. The molecular weight excluding hydrogens is 577 g/mol. The van der Waals surface area contributed by atoms with E-state index in [-0.39, 0.29) is 46.9 Å². The maximum atomic E-state index is 13.7. The molecule has 0 aliphatic carbocycles. The van der Waals surface area contributed by atoms with Gasteiger partial charge in [0, 0.05) is 24.8 Å². The summed E-state index contributed by atoms with van der Waals surface area (Å²) in [5.74, 6) is -0.170. The number of fused-ring (bicyclic) bond motifs is 4. The number of rotatable bonds is 5. The molecule has 1 N–H and O–H groups in total. The number of pyridine rings is 1. The van der Waals surface area contributed by atoms with Crippen molar-refractivity contribution >= 4 is 35.0 Å². The Morgan fingerprint density at radius 1 is 1.24 bits per heavy atom. The monoisotopic (exact) mass is 604 g/mol. The van der Waals surface area contributed by atoms with Crippen LogP contribution in [0, 0.1) is 0 Å². The van der Waals surface area contributed by atoms with Crippen LogP contribution in [0.15, 0.2) is 42.6 Å². The van der Waals surface area contributed by atoms with Crippen molar-refractivity contribution in [3.8, 4) is 17.3 Å². The van der Waals surface area contributed by atoms with Crippen molar-refractivity contribution in [1.82, 2.24) is 15.0 Å². The SMILES string of the molecule is CC1(C)OC[C@H](COc2nccc(NC(=O)N3c4nc(-c5cccc(C(F)(F)F)c5)c(Cl)cc4N4CCCC3C4)n2)O1. The fraction of sp³-hybridized carbons (Fsp3) is 0.429. The molecule has 3 aliphatic heterocycles. The summed E-state index contributed by atoms with van der Waals surface area (Å²) < 4.78 is 57.2. The number of anilines is 3. The lowest BCUT2D eigenvalue weighted by Gasteiger charge is -2.46. The number of benzene rings is 1. The Balaban J connectivity index is 1.27. The van der Waals surface area contributed by atoms with Crippen LogP contribution < -0.4 is 19.9 Å². The number of aromatic nitrogens is 3. The van der Waals surface area contributed by atoms with Crippen molar-refractivity contribution in [2.45, 2.75) is 50.8 Å². The number of urea groups is 1. The van der Waals surface area contributed by atoms with Gasteiger partial charge < -0.3 is 19.1 Å². The zero-order valence-electron chi connectivity index (χ0n) is 22.8. The zero-order chi connectivity index (χ0) is 29.6. The van der Waals surface area contributed by atoms with Crippen LogP contribution >= 0.6 is 11.6 Å². The van der Waals surface area contributed by atoms with E-state index in [9.17, 15) is 18.0 Å². The van der Waals surface area contributed by atoms with Gasteiger partial charge in [-0.1, -0.05) is 23.7 Å². The van der Waals surface area contributed by atoms with Crippen molar-refractivity contribution < 1.29 is 32.2 Å². The van der Waals surface area contributed by atoms with Crippen LogP contribution in [0.3, 0.4) is 0 Å². The number of nitrogens with zero attached hydrogens (tertiary/aromatic N) is 5. The fourth-order valence-corrected chi connectivity index (χ4v) is 5.66. The van der Waals surface area contributed by atoms with E-state index in [4.69, 9.17) is 25.8 Å². The molecular formula is C28H28ClF3N6O4. The molecule has 0 spiro atoms. The largest absolute Gasteiger partial charge is 0.461 e. The highest BCUT2D eigenvalue weighted by molar-refractivity contribution is 6.33. The van der Waals surface area contributed by atoms with Crippen LogP contribution in [0.25, 0.3) is 11.3 Å². The predicted octanol–water partition coefficient (Wildman–Crippen LogP) is 5.76. The topological polar surface area (TPSA) is 102 Å². The number of alkyl halides is 3. The molecule has 0 saturated carbocycles. The van der Waals surface area contributed by atoms with E-state index in [0.717, 1.165) is 31.5 Å². The van der Waals surface area contributed by atoms with Gasteiger partial charge in [0.05, 0.1) is 34.6 Å². The van der Waals surface area contributed by atoms with E-state index in [1.807, 2.05) is 13.8 Å². The van der Waals surface area contributed by atoms with Crippen molar-refractivity contribution in [1.29, 1.82) is 0 Å². The minimum absolute atomic E-state index is 0.0562. The van der Waals surface area contributed by atoms with E-state index in [2.05, 4.69) is 25.2 Å². The van der Waals surface area contributed by atoms with Gasteiger partial charge in [-0.2, -0.15) is 18.2 Å². The first-order valence-corrected chi connectivity index (χ1v) is 13.9. The Labute approximate surface area is 244 Å². The lowest BCUT2D eigenvalue weighted by atomic mass is 9.99. The number of halogens is 4. The van der Waals surface area contributed by atoms with E-state index >= 15 is 0 Å². The van der Waals surface area contributed by atoms with E-state index in [0.29, 0.717) is 24.7 Å². The number of hydrogen-bond donors (Lipinski definition) is 1. The Morgan fingerprint density at radius 2 is 2.07 bits per heavy atom. The molecule has 3 aliphatic rings. The number of hydrogen-bond acceptors (Lipinski definition) is 8. The summed E-state index contributed by atoms with van der Waals surface area (Å²) in [6.45, 7) is 5.49. The smallest absolute Gasteiger partial charge is 0.416 e. The van der Waals surface area contributed by atoms with Crippen LogP contribution in [0.4, 0.5) is 35.3 Å². The summed E-state index contributed by atoms with van der Waals surface area (Å²) in [6.07, 6.45) is -1.78. The second kappa shape index (κ2) is 10.9. The zero-order valence-corrected chi connectivity index (χ0v) is 23.6. The lowest BCUT2D eigenvalue weighted by molar-refractivity contribution is -0.141. The first-order valence-electron chi connectivity index (χ1n) is 13.5. The molecule has 5 heterocycles. The van der Waals surface area contributed by atoms with E-state index in [1.54, 1.807) is 6.07 Å².